The Kier molecular flexibility index (Phi) is 5.95. The average Bonchev–Trinajstić information content (AvgIpc) is 3.32. The molecule has 0 radical (unpaired) electrons. The number of halogens is 1. The van der Waals surface area contributed by atoms with E-state index in [9.17, 15) is 12.8 Å². The van der Waals surface area contributed by atoms with Gasteiger partial charge in [0.25, 0.3) is 0 Å². The highest BCUT2D eigenvalue weighted by molar-refractivity contribution is 7.89. The third-order valence-electron chi connectivity index (χ3n) is 6.18. The molecular formula is C25H24FNO5S. The Morgan fingerprint density at radius 2 is 1.73 bits per heavy atom. The molecule has 0 amide bonds. The Labute approximate surface area is 192 Å². The van der Waals surface area contributed by atoms with Crippen molar-refractivity contribution >= 4 is 10.0 Å². The van der Waals surface area contributed by atoms with Crippen LogP contribution in [-0.2, 0) is 10.0 Å². The summed E-state index contributed by atoms with van der Waals surface area (Å²) in [7, 11) is -3.62. The molecule has 0 unspecified atom stereocenters. The fourth-order valence-corrected chi connectivity index (χ4v) is 5.98. The molecule has 1 fully saturated rings. The van der Waals surface area contributed by atoms with E-state index in [1.165, 1.54) is 16.4 Å². The smallest absolute Gasteiger partial charge is 0.243 e. The SMILES string of the molecule is O=S(=O)(c1ccccc1)N1CC[C@@H](c2ccc(F)cc2)[C@H](COc2ccc3c(c2)OCO3)C1. The highest BCUT2D eigenvalue weighted by atomic mass is 32.2. The van der Waals surface area contributed by atoms with Gasteiger partial charge in [-0.1, -0.05) is 30.3 Å². The first kappa shape index (κ1) is 21.7. The van der Waals surface area contributed by atoms with E-state index in [-0.39, 0.29) is 29.3 Å². The minimum Gasteiger partial charge on any atom is -0.493 e. The van der Waals surface area contributed by atoms with Gasteiger partial charge in [0.15, 0.2) is 11.5 Å². The quantitative estimate of drug-likeness (QED) is 0.535. The molecule has 0 bridgehead atoms. The molecule has 5 rings (SSSR count). The van der Waals surface area contributed by atoms with Crippen LogP contribution in [0.3, 0.4) is 0 Å². The van der Waals surface area contributed by atoms with E-state index in [4.69, 9.17) is 14.2 Å². The molecule has 0 aliphatic carbocycles. The number of hydrogen-bond donors (Lipinski definition) is 0. The lowest BCUT2D eigenvalue weighted by Gasteiger charge is -2.38. The van der Waals surface area contributed by atoms with Crippen LogP contribution in [0.25, 0.3) is 0 Å². The van der Waals surface area contributed by atoms with Crippen LogP contribution >= 0.6 is 0 Å². The topological polar surface area (TPSA) is 65.1 Å². The maximum atomic E-state index is 13.5. The number of benzene rings is 3. The Morgan fingerprint density at radius 1 is 0.970 bits per heavy atom. The predicted octanol–water partition coefficient (Wildman–Crippen LogP) is 4.43. The van der Waals surface area contributed by atoms with E-state index in [1.54, 1.807) is 54.6 Å². The van der Waals surface area contributed by atoms with Crippen molar-refractivity contribution in [2.45, 2.75) is 17.2 Å². The standard InChI is InChI=1S/C25H24FNO5S/c26-20-8-6-18(7-9-20)23-12-13-27(33(28,29)22-4-2-1-3-5-22)15-19(23)16-30-21-10-11-24-25(14-21)32-17-31-24/h1-11,14,19,23H,12-13,15-17H2/t19-,23-/m0/s1. The summed E-state index contributed by atoms with van der Waals surface area (Å²) in [6, 6.07) is 20.3. The van der Waals surface area contributed by atoms with Crippen molar-refractivity contribution in [1.29, 1.82) is 0 Å². The molecular weight excluding hydrogens is 445 g/mol. The molecule has 172 valence electrons. The summed E-state index contributed by atoms with van der Waals surface area (Å²) in [4.78, 5) is 0.278. The van der Waals surface area contributed by atoms with E-state index in [2.05, 4.69) is 0 Å². The molecule has 33 heavy (non-hydrogen) atoms. The molecule has 0 N–H and O–H groups in total. The molecule has 0 saturated carbocycles. The first-order valence-electron chi connectivity index (χ1n) is 10.8. The van der Waals surface area contributed by atoms with E-state index in [0.29, 0.717) is 43.4 Å². The number of rotatable bonds is 6. The highest BCUT2D eigenvalue weighted by Crippen LogP contribution is 2.38. The molecule has 6 nitrogen and oxygen atoms in total. The summed E-state index contributed by atoms with van der Waals surface area (Å²) in [6.07, 6.45) is 0.618. The first-order valence-corrected chi connectivity index (χ1v) is 12.3. The fourth-order valence-electron chi connectivity index (χ4n) is 4.45. The number of sulfonamides is 1. The van der Waals surface area contributed by atoms with Gasteiger partial charge >= 0.3 is 0 Å². The van der Waals surface area contributed by atoms with Crippen molar-refractivity contribution in [3.63, 3.8) is 0 Å². The van der Waals surface area contributed by atoms with Crippen molar-refractivity contribution in [2.24, 2.45) is 5.92 Å². The van der Waals surface area contributed by atoms with Crippen LogP contribution < -0.4 is 14.2 Å². The second-order valence-corrected chi connectivity index (χ2v) is 10.1. The number of piperidine rings is 1. The minimum absolute atomic E-state index is 0.0434. The zero-order valence-corrected chi connectivity index (χ0v) is 18.7. The van der Waals surface area contributed by atoms with E-state index >= 15 is 0 Å². The molecule has 2 aliphatic heterocycles. The lowest BCUT2D eigenvalue weighted by molar-refractivity contribution is 0.157. The Morgan fingerprint density at radius 3 is 2.52 bits per heavy atom. The van der Waals surface area contributed by atoms with Crippen LogP contribution in [0.4, 0.5) is 4.39 Å². The average molecular weight is 470 g/mol. The Balaban J connectivity index is 1.38. The van der Waals surface area contributed by atoms with Crippen LogP contribution in [0.2, 0.25) is 0 Å². The van der Waals surface area contributed by atoms with Gasteiger partial charge in [-0.25, -0.2) is 12.8 Å². The lowest BCUT2D eigenvalue weighted by Crippen LogP contribution is -2.44. The molecule has 3 aromatic carbocycles. The van der Waals surface area contributed by atoms with Gasteiger partial charge in [0, 0.05) is 25.1 Å². The number of fused-ring (bicyclic) bond motifs is 1. The van der Waals surface area contributed by atoms with Gasteiger partial charge in [-0.3, -0.25) is 0 Å². The molecule has 2 aliphatic rings. The van der Waals surface area contributed by atoms with Crippen molar-refractivity contribution in [2.75, 3.05) is 26.5 Å². The minimum atomic E-state index is -3.62. The first-order chi connectivity index (χ1) is 16.0. The van der Waals surface area contributed by atoms with Crippen molar-refractivity contribution in [3.8, 4) is 17.2 Å². The van der Waals surface area contributed by atoms with Gasteiger partial charge in [-0.05, 0) is 54.3 Å². The summed E-state index contributed by atoms with van der Waals surface area (Å²) >= 11 is 0. The third kappa shape index (κ3) is 4.54. The van der Waals surface area contributed by atoms with Crippen LogP contribution in [0.1, 0.15) is 17.9 Å². The molecule has 3 aromatic rings. The van der Waals surface area contributed by atoms with Gasteiger partial charge in [0.2, 0.25) is 16.8 Å². The van der Waals surface area contributed by atoms with Gasteiger partial charge in [0.05, 0.1) is 11.5 Å². The van der Waals surface area contributed by atoms with Crippen molar-refractivity contribution in [1.82, 2.24) is 4.31 Å². The van der Waals surface area contributed by atoms with Gasteiger partial charge in [-0.15, -0.1) is 0 Å². The zero-order chi connectivity index (χ0) is 22.8. The van der Waals surface area contributed by atoms with Gasteiger partial charge in [-0.2, -0.15) is 4.31 Å². The molecule has 2 heterocycles. The van der Waals surface area contributed by atoms with E-state index in [0.717, 1.165) is 5.56 Å². The summed E-state index contributed by atoms with van der Waals surface area (Å²) < 4.78 is 58.3. The van der Waals surface area contributed by atoms with Crippen molar-refractivity contribution < 1.29 is 27.0 Å². The summed E-state index contributed by atoms with van der Waals surface area (Å²) in [5.41, 5.74) is 0.979. The fraction of sp³-hybridized carbons (Fsp3) is 0.280. The largest absolute Gasteiger partial charge is 0.493 e. The maximum absolute atomic E-state index is 13.5. The highest BCUT2D eigenvalue weighted by Gasteiger charge is 2.36. The van der Waals surface area contributed by atoms with Crippen LogP contribution in [-0.4, -0.2) is 39.2 Å². The van der Waals surface area contributed by atoms with Crippen LogP contribution in [0.15, 0.2) is 77.7 Å². The second kappa shape index (κ2) is 9.03. The number of hydrogen-bond acceptors (Lipinski definition) is 5. The summed E-state index contributed by atoms with van der Waals surface area (Å²) in [5.74, 6) is 1.55. The lowest BCUT2D eigenvalue weighted by atomic mass is 9.81. The molecule has 8 heteroatoms. The number of ether oxygens (including phenoxy) is 3. The number of nitrogens with zero attached hydrogens (tertiary/aromatic N) is 1. The normalized spacial score (nSPS) is 20.5. The Hall–Kier alpha value is -3.10. The van der Waals surface area contributed by atoms with Crippen LogP contribution in [0.5, 0.6) is 17.2 Å². The van der Waals surface area contributed by atoms with Crippen molar-refractivity contribution in [3.05, 3.63) is 84.2 Å². The van der Waals surface area contributed by atoms with Gasteiger partial charge in [0.1, 0.15) is 11.6 Å². The third-order valence-corrected chi connectivity index (χ3v) is 8.06. The van der Waals surface area contributed by atoms with Crippen LogP contribution in [0, 0.1) is 11.7 Å². The molecule has 2 atom stereocenters. The second-order valence-electron chi connectivity index (χ2n) is 8.21. The maximum Gasteiger partial charge on any atom is 0.243 e. The molecule has 1 saturated heterocycles. The molecule has 0 aromatic heterocycles. The van der Waals surface area contributed by atoms with Gasteiger partial charge < -0.3 is 14.2 Å². The van der Waals surface area contributed by atoms with E-state index < -0.39 is 10.0 Å². The zero-order valence-electron chi connectivity index (χ0n) is 17.9. The summed E-state index contributed by atoms with van der Waals surface area (Å²) in [6.45, 7) is 1.19. The predicted molar refractivity (Wildman–Crippen MR) is 121 cm³/mol. The monoisotopic (exact) mass is 469 g/mol. The summed E-state index contributed by atoms with van der Waals surface area (Å²) in [5, 5.41) is 0. The molecule has 0 spiro atoms. The van der Waals surface area contributed by atoms with E-state index in [1.807, 2.05) is 6.07 Å². The Bertz CT molecular complexity index is 1220.